The van der Waals surface area contributed by atoms with Gasteiger partial charge < -0.3 is 9.22 Å². The number of hydrogen-bond acceptors (Lipinski definition) is 2. The molecule has 0 aliphatic heterocycles. The van der Waals surface area contributed by atoms with E-state index < -0.39 is 0 Å². The summed E-state index contributed by atoms with van der Waals surface area (Å²) in [6.45, 7) is 3.44. The van der Waals surface area contributed by atoms with Crippen LogP contribution in [0.25, 0.3) is 0 Å². The van der Waals surface area contributed by atoms with Crippen LogP contribution in [0.3, 0.4) is 0 Å². The molecule has 4 heteroatoms. The van der Waals surface area contributed by atoms with Gasteiger partial charge in [-0.3, -0.25) is 0 Å². The molecule has 0 unspecified atom stereocenters. The summed E-state index contributed by atoms with van der Waals surface area (Å²) in [6.07, 6.45) is 2.63. The number of halogens is 1. The Hall–Kier alpha value is -0.555. The van der Waals surface area contributed by atoms with Crippen LogP contribution in [0.1, 0.15) is 19.8 Å². The standard InChI is InChI=1S/C6H15N.CBFN/c1-4-5-6-7(2)3;3-2-1-4/h4-6H2,1-3H3;. The fraction of sp³-hybridized carbons (Fsp3) is 0.857. The maximum absolute atomic E-state index is 10.2. The van der Waals surface area contributed by atoms with Crippen LogP contribution >= 0.6 is 0 Å². The zero-order chi connectivity index (χ0) is 9.11. The Bertz CT molecular complexity index is 101. The van der Waals surface area contributed by atoms with Crippen LogP contribution in [-0.2, 0) is 0 Å². The SMILES string of the molecule is CCCCN(C)C.N#C[B]F. The van der Waals surface area contributed by atoms with Crippen LogP contribution in [0, 0.1) is 11.2 Å². The van der Waals surface area contributed by atoms with Crippen molar-refractivity contribution in [3.8, 4) is 5.97 Å². The molecule has 0 aliphatic rings. The molecule has 0 rings (SSSR count). The molecule has 63 valence electrons. The Morgan fingerprint density at radius 3 is 2.09 bits per heavy atom. The first-order valence-electron chi connectivity index (χ1n) is 3.65. The molecule has 0 atom stereocenters. The zero-order valence-electron chi connectivity index (χ0n) is 7.47. The highest BCUT2D eigenvalue weighted by atomic mass is 19.1. The molecule has 0 spiro atoms. The van der Waals surface area contributed by atoms with Crippen LogP contribution in [-0.4, -0.2) is 33.1 Å². The second-order valence-electron chi connectivity index (χ2n) is 2.40. The minimum atomic E-state index is -0.0694. The average Bonchev–Trinajstić information content (AvgIpc) is 2.01. The molecule has 0 aromatic heterocycles. The van der Waals surface area contributed by atoms with Crippen molar-refractivity contribution in [2.75, 3.05) is 20.6 Å². The lowest BCUT2D eigenvalue weighted by Crippen LogP contribution is -2.12. The van der Waals surface area contributed by atoms with E-state index in [-0.39, 0.29) is 7.56 Å². The van der Waals surface area contributed by atoms with Gasteiger partial charge in [-0.05, 0) is 27.1 Å². The van der Waals surface area contributed by atoms with Gasteiger partial charge >= 0.3 is 7.56 Å². The molecule has 0 saturated heterocycles. The van der Waals surface area contributed by atoms with Crippen molar-refractivity contribution in [3.05, 3.63) is 0 Å². The molecule has 11 heavy (non-hydrogen) atoms. The van der Waals surface area contributed by atoms with E-state index in [2.05, 4.69) is 25.9 Å². The summed E-state index contributed by atoms with van der Waals surface area (Å²) in [5.74, 6) is 1.14. The van der Waals surface area contributed by atoms with Gasteiger partial charge in [0.25, 0.3) is 0 Å². The summed E-state index contributed by atoms with van der Waals surface area (Å²) >= 11 is 0. The van der Waals surface area contributed by atoms with E-state index in [1.54, 1.807) is 0 Å². The highest BCUT2D eigenvalue weighted by molar-refractivity contribution is 6.36. The summed E-state index contributed by atoms with van der Waals surface area (Å²) in [4.78, 5) is 2.21. The van der Waals surface area contributed by atoms with E-state index in [0.717, 1.165) is 5.97 Å². The highest BCUT2D eigenvalue weighted by Crippen LogP contribution is 1.86. The Balaban J connectivity index is 0. The monoisotopic (exact) mass is 157 g/mol. The van der Waals surface area contributed by atoms with Crippen LogP contribution in [0.15, 0.2) is 0 Å². The summed E-state index contributed by atoms with van der Waals surface area (Å²) in [6, 6.07) is 0. The molecule has 2 nitrogen and oxygen atoms in total. The summed E-state index contributed by atoms with van der Waals surface area (Å²) in [7, 11) is 4.14. The van der Waals surface area contributed by atoms with Gasteiger partial charge in [-0.2, -0.15) is 0 Å². The second-order valence-corrected chi connectivity index (χ2v) is 2.40. The second kappa shape index (κ2) is 12.2. The van der Waals surface area contributed by atoms with Gasteiger partial charge in [0, 0.05) is 5.97 Å². The number of hydrogen-bond donors (Lipinski definition) is 0. The quantitative estimate of drug-likeness (QED) is 0.579. The van der Waals surface area contributed by atoms with Crippen LogP contribution < -0.4 is 0 Å². The predicted octanol–water partition coefficient (Wildman–Crippen LogP) is 1.40. The lowest BCUT2D eigenvalue weighted by molar-refractivity contribution is 0.398. The van der Waals surface area contributed by atoms with Crippen molar-refractivity contribution in [1.82, 2.24) is 4.90 Å². The minimum Gasteiger partial charge on any atom is -0.319 e. The lowest BCUT2D eigenvalue weighted by atomic mass is 10.1. The summed E-state index contributed by atoms with van der Waals surface area (Å²) < 4.78 is 10.2. The van der Waals surface area contributed by atoms with Crippen molar-refractivity contribution in [2.45, 2.75) is 19.8 Å². The van der Waals surface area contributed by atoms with Gasteiger partial charge in [-0.15, -0.1) is 0 Å². The fourth-order valence-corrected chi connectivity index (χ4v) is 0.474. The van der Waals surface area contributed by atoms with E-state index in [4.69, 9.17) is 5.26 Å². The van der Waals surface area contributed by atoms with Gasteiger partial charge in [0.1, 0.15) is 0 Å². The first-order valence-corrected chi connectivity index (χ1v) is 3.65. The van der Waals surface area contributed by atoms with Crippen LogP contribution in [0.4, 0.5) is 4.32 Å². The first kappa shape index (κ1) is 13.1. The molecular formula is C7H15BFN2. The van der Waals surface area contributed by atoms with Gasteiger partial charge in [-0.1, -0.05) is 13.3 Å². The van der Waals surface area contributed by atoms with Gasteiger partial charge in [-0.25, -0.2) is 5.26 Å². The molecule has 0 aromatic rings. The Kier molecular flexibility index (Phi) is 14.4. The molecule has 0 saturated carbocycles. The van der Waals surface area contributed by atoms with E-state index >= 15 is 0 Å². The van der Waals surface area contributed by atoms with Crippen molar-refractivity contribution < 1.29 is 4.32 Å². The molecule has 0 bridgehead atoms. The molecule has 0 aromatic carbocycles. The summed E-state index contributed by atoms with van der Waals surface area (Å²) in [5, 5.41) is 7.19. The third kappa shape index (κ3) is 26.5. The topological polar surface area (TPSA) is 27.0 Å². The minimum absolute atomic E-state index is 0.0694. The molecule has 0 N–H and O–H groups in total. The molecule has 1 radical (unpaired) electrons. The van der Waals surface area contributed by atoms with E-state index in [1.807, 2.05) is 0 Å². The zero-order valence-corrected chi connectivity index (χ0v) is 7.47. The molecule has 0 fully saturated rings. The fourth-order valence-electron chi connectivity index (χ4n) is 0.474. The third-order valence-electron chi connectivity index (χ3n) is 1.01. The Labute approximate surface area is 69.3 Å². The van der Waals surface area contributed by atoms with E-state index in [0.29, 0.717) is 0 Å². The van der Waals surface area contributed by atoms with Crippen LogP contribution in [0.5, 0.6) is 0 Å². The molecule has 0 heterocycles. The van der Waals surface area contributed by atoms with Crippen molar-refractivity contribution in [3.63, 3.8) is 0 Å². The molecule has 0 aliphatic carbocycles. The van der Waals surface area contributed by atoms with Crippen molar-refractivity contribution >= 4 is 7.56 Å². The van der Waals surface area contributed by atoms with E-state index in [9.17, 15) is 4.32 Å². The first-order chi connectivity index (χ1) is 5.18. The number of unbranched alkanes of at least 4 members (excludes halogenated alkanes) is 1. The maximum atomic E-state index is 10.2. The average molecular weight is 157 g/mol. The molecular weight excluding hydrogens is 142 g/mol. The lowest BCUT2D eigenvalue weighted by Gasteiger charge is -2.05. The van der Waals surface area contributed by atoms with E-state index in [1.165, 1.54) is 19.4 Å². The van der Waals surface area contributed by atoms with Gasteiger partial charge in [0.2, 0.25) is 0 Å². The van der Waals surface area contributed by atoms with Gasteiger partial charge in [0.05, 0.1) is 0 Å². The Morgan fingerprint density at radius 2 is 2.00 bits per heavy atom. The third-order valence-corrected chi connectivity index (χ3v) is 1.01. The molecule has 0 amide bonds. The highest BCUT2D eigenvalue weighted by Gasteiger charge is 1.83. The van der Waals surface area contributed by atoms with Crippen molar-refractivity contribution in [1.29, 1.82) is 5.26 Å². The van der Waals surface area contributed by atoms with Crippen molar-refractivity contribution in [2.24, 2.45) is 0 Å². The number of nitrogens with zero attached hydrogens (tertiary/aromatic N) is 2. The number of nitriles is 1. The maximum Gasteiger partial charge on any atom is 0.483 e. The van der Waals surface area contributed by atoms with Gasteiger partial charge in [0.15, 0.2) is 0 Å². The largest absolute Gasteiger partial charge is 0.483 e. The number of rotatable bonds is 3. The predicted molar refractivity (Wildman–Crippen MR) is 45.9 cm³/mol. The Morgan fingerprint density at radius 1 is 1.55 bits per heavy atom. The smallest absolute Gasteiger partial charge is 0.319 e. The van der Waals surface area contributed by atoms with Crippen LogP contribution in [0.2, 0.25) is 0 Å². The normalized spacial score (nSPS) is 8.00. The summed E-state index contributed by atoms with van der Waals surface area (Å²) in [5.41, 5.74) is 0.